The predicted octanol–water partition coefficient (Wildman–Crippen LogP) is 3.52. The van der Waals surface area contributed by atoms with Crippen molar-refractivity contribution in [2.75, 3.05) is 0 Å². The van der Waals surface area contributed by atoms with Gasteiger partial charge in [-0.2, -0.15) is 0 Å². The Morgan fingerprint density at radius 3 is 2.14 bits per heavy atom. The van der Waals surface area contributed by atoms with Gasteiger partial charge in [-0.1, -0.05) is 34.1 Å². The number of rotatable bonds is 4. The summed E-state index contributed by atoms with van der Waals surface area (Å²) in [5.41, 5.74) is 0.0870. The van der Waals surface area contributed by atoms with Crippen LogP contribution in [0.5, 0.6) is 0 Å². The Morgan fingerprint density at radius 2 is 1.86 bits per heavy atom. The van der Waals surface area contributed by atoms with Gasteiger partial charge in [0.15, 0.2) is 0 Å². The maximum Gasteiger partial charge on any atom is 0.209 e. The van der Waals surface area contributed by atoms with Crippen LogP contribution in [0.4, 0.5) is 4.39 Å². The van der Waals surface area contributed by atoms with Gasteiger partial charge >= 0.3 is 0 Å². The van der Waals surface area contributed by atoms with E-state index in [1.54, 1.807) is 0 Å². The van der Waals surface area contributed by atoms with E-state index in [1.165, 1.54) is 0 Å². The largest absolute Gasteiger partial charge is 0.361 e. The molecular formula is C12H23FO. The van der Waals surface area contributed by atoms with E-state index in [4.69, 9.17) is 0 Å². The molecule has 0 aromatic heterocycles. The highest BCUT2D eigenvalue weighted by atomic mass is 19.2. The molecule has 2 unspecified atom stereocenters. The van der Waals surface area contributed by atoms with E-state index in [2.05, 4.69) is 27.7 Å². The van der Waals surface area contributed by atoms with Crippen molar-refractivity contribution in [3.8, 4) is 0 Å². The second-order valence-corrected chi connectivity index (χ2v) is 5.77. The van der Waals surface area contributed by atoms with Crippen LogP contribution in [0.3, 0.4) is 0 Å². The highest BCUT2D eigenvalue weighted by molar-refractivity contribution is 4.90. The fraction of sp³-hybridized carbons (Fsp3) is 1.00. The van der Waals surface area contributed by atoms with Crippen molar-refractivity contribution < 1.29 is 9.50 Å². The molecule has 0 aromatic rings. The molecule has 2 heteroatoms. The lowest BCUT2D eigenvalue weighted by molar-refractivity contribution is -0.132. The molecule has 84 valence electrons. The molecule has 0 bridgehead atoms. The zero-order chi connectivity index (χ0) is 11.0. The van der Waals surface area contributed by atoms with Gasteiger partial charge < -0.3 is 5.11 Å². The molecule has 14 heavy (non-hydrogen) atoms. The number of aliphatic hydroxyl groups is 1. The number of hydrogen-bond acceptors (Lipinski definition) is 1. The predicted molar refractivity (Wildman–Crippen MR) is 56.6 cm³/mol. The summed E-state index contributed by atoms with van der Waals surface area (Å²) in [5, 5.41) is 9.65. The summed E-state index contributed by atoms with van der Waals surface area (Å²) in [6.45, 7) is 8.41. The summed E-state index contributed by atoms with van der Waals surface area (Å²) in [6, 6.07) is 0. The van der Waals surface area contributed by atoms with Gasteiger partial charge in [0.1, 0.15) is 0 Å². The zero-order valence-electron chi connectivity index (χ0n) is 9.81. The van der Waals surface area contributed by atoms with Crippen molar-refractivity contribution in [2.45, 2.75) is 59.2 Å². The Balaban J connectivity index is 2.55. The van der Waals surface area contributed by atoms with Crippen molar-refractivity contribution >= 4 is 0 Å². The molecule has 0 aromatic carbocycles. The molecule has 2 atom stereocenters. The third kappa shape index (κ3) is 2.94. The third-order valence-corrected chi connectivity index (χ3v) is 3.45. The van der Waals surface area contributed by atoms with Gasteiger partial charge in [-0.25, -0.2) is 4.39 Å². The molecule has 0 saturated heterocycles. The van der Waals surface area contributed by atoms with Crippen LogP contribution >= 0.6 is 0 Å². The fourth-order valence-corrected chi connectivity index (χ4v) is 2.10. The summed E-state index contributed by atoms with van der Waals surface area (Å²) in [5.74, 6) is -1.73. The minimum atomic E-state index is -1.91. The first-order valence-corrected chi connectivity index (χ1v) is 5.68. The Bertz CT molecular complexity index is 189. The lowest BCUT2D eigenvalue weighted by Gasteiger charge is -2.33. The molecule has 1 aliphatic carbocycles. The van der Waals surface area contributed by atoms with Gasteiger partial charge in [0.05, 0.1) is 0 Å². The van der Waals surface area contributed by atoms with Crippen LogP contribution in [0.2, 0.25) is 0 Å². The van der Waals surface area contributed by atoms with Crippen LogP contribution < -0.4 is 0 Å². The second-order valence-electron chi connectivity index (χ2n) is 5.77. The Morgan fingerprint density at radius 1 is 1.36 bits per heavy atom. The first-order chi connectivity index (χ1) is 6.27. The molecule has 1 fully saturated rings. The van der Waals surface area contributed by atoms with Crippen molar-refractivity contribution in [1.29, 1.82) is 0 Å². The summed E-state index contributed by atoms with van der Waals surface area (Å²) >= 11 is 0. The molecule has 0 amide bonds. The molecule has 1 saturated carbocycles. The SMILES string of the molecule is CCC(CC(O)(F)C1CC1)C(C)(C)C. The van der Waals surface area contributed by atoms with Crippen LogP contribution in [0.1, 0.15) is 53.4 Å². The minimum absolute atomic E-state index is 0.0844. The number of alkyl halides is 1. The van der Waals surface area contributed by atoms with E-state index in [9.17, 15) is 9.50 Å². The molecule has 1 rings (SSSR count). The average Bonchev–Trinajstić information content (AvgIpc) is 2.79. The first-order valence-electron chi connectivity index (χ1n) is 5.68. The fourth-order valence-electron chi connectivity index (χ4n) is 2.10. The maximum atomic E-state index is 13.8. The molecule has 1 aliphatic rings. The van der Waals surface area contributed by atoms with Crippen molar-refractivity contribution in [1.82, 2.24) is 0 Å². The van der Waals surface area contributed by atoms with E-state index in [0.29, 0.717) is 6.42 Å². The Hall–Kier alpha value is -0.110. The van der Waals surface area contributed by atoms with Gasteiger partial charge in [0.2, 0.25) is 5.85 Å². The van der Waals surface area contributed by atoms with Crippen LogP contribution in [-0.4, -0.2) is 11.0 Å². The van der Waals surface area contributed by atoms with Crippen LogP contribution in [0.15, 0.2) is 0 Å². The summed E-state index contributed by atoms with van der Waals surface area (Å²) in [7, 11) is 0. The average molecular weight is 202 g/mol. The first kappa shape index (κ1) is 12.0. The van der Waals surface area contributed by atoms with Crippen LogP contribution in [-0.2, 0) is 0 Å². The van der Waals surface area contributed by atoms with E-state index in [-0.39, 0.29) is 17.3 Å². The summed E-state index contributed by atoms with van der Waals surface area (Å²) in [6.07, 6.45) is 2.95. The van der Waals surface area contributed by atoms with E-state index >= 15 is 0 Å². The Labute approximate surface area is 86.7 Å². The van der Waals surface area contributed by atoms with E-state index < -0.39 is 5.85 Å². The quantitative estimate of drug-likeness (QED) is 0.739. The molecule has 0 heterocycles. The monoisotopic (exact) mass is 202 g/mol. The highest BCUT2D eigenvalue weighted by Gasteiger charge is 2.46. The van der Waals surface area contributed by atoms with Crippen LogP contribution in [0, 0.1) is 17.3 Å². The van der Waals surface area contributed by atoms with Crippen molar-refractivity contribution in [3.63, 3.8) is 0 Å². The summed E-state index contributed by atoms with van der Waals surface area (Å²) < 4.78 is 13.8. The Kier molecular flexibility index (Phi) is 3.25. The lowest BCUT2D eigenvalue weighted by atomic mass is 9.75. The molecule has 1 nitrogen and oxygen atoms in total. The second kappa shape index (κ2) is 3.80. The van der Waals surface area contributed by atoms with Gasteiger partial charge in [-0.05, 0) is 24.2 Å². The maximum absolute atomic E-state index is 13.8. The molecule has 1 N–H and O–H groups in total. The highest BCUT2D eigenvalue weighted by Crippen LogP contribution is 2.46. The zero-order valence-corrected chi connectivity index (χ0v) is 9.81. The standard InChI is InChI=1S/C12H23FO/c1-5-9(11(2,3)4)8-12(13,14)10-6-7-10/h9-10,14H,5-8H2,1-4H3. The van der Waals surface area contributed by atoms with E-state index in [1.807, 2.05) is 0 Å². The van der Waals surface area contributed by atoms with Crippen LogP contribution in [0.25, 0.3) is 0 Å². The van der Waals surface area contributed by atoms with Gasteiger partial charge in [-0.15, -0.1) is 0 Å². The molecule has 0 aliphatic heterocycles. The normalized spacial score (nSPS) is 24.4. The molecule has 0 radical (unpaired) electrons. The third-order valence-electron chi connectivity index (χ3n) is 3.45. The number of hydrogen-bond donors (Lipinski definition) is 1. The van der Waals surface area contributed by atoms with Gasteiger partial charge in [0.25, 0.3) is 0 Å². The van der Waals surface area contributed by atoms with Crippen molar-refractivity contribution in [2.24, 2.45) is 17.3 Å². The van der Waals surface area contributed by atoms with Crippen molar-refractivity contribution in [3.05, 3.63) is 0 Å². The molecule has 0 spiro atoms. The minimum Gasteiger partial charge on any atom is -0.361 e. The summed E-state index contributed by atoms with van der Waals surface area (Å²) in [4.78, 5) is 0. The number of halogens is 1. The van der Waals surface area contributed by atoms with Gasteiger partial charge in [0, 0.05) is 12.3 Å². The van der Waals surface area contributed by atoms with Gasteiger partial charge in [-0.3, -0.25) is 0 Å². The smallest absolute Gasteiger partial charge is 0.209 e. The van der Waals surface area contributed by atoms with E-state index in [0.717, 1.165) is 19.3 Å². The topological polar surface area (TPSA) is 20.2 Å². The molecular weight excluding hydrogens is 179 g/mol. The lowest BCUT2D eigenvalue weighted by Crippen LogP contribution is -2.33.